The van der Waals surface area contributed by atoms with Crippen LogP contribution in [-0.4, -0.2) is 71.4 Å². The summed E-state index contributed by atoms with van der Waals surface area (Å²) in [7, 11) is 0. The SMILES string of the molecule is CC(C)C(=O)N1CSCC1C(=O)N1CCC2(CC1)OCCO2. The van der Waals surface area contributed by atoms with Crippen molar-refractivity contribution in [3.05, 3.63) is 0 Å². The topological polar surface area (TPSA) is 59.1 Å². The van der Waals surface area contributed by atoms with E-state index < -0.39 is 5.79 Å². The molecule has 3 heterocycles. The lowest BCUT2D eigenvalue weighted by Gasteiger charge is -2.39. The molecule has 0 radical (unpaired) electrons. The van der Waals surface area contributed by atoms with Gasteiger partial charge in [-0.2, -0.15) is 0 Å². The van der Waals surface area contributed by atoms with Gasteiger partial charge in [-0.15, -0.1) is 11.8 Å². The van der Waals surface area contributed by atoms with Crippen LogP contribution in [0.15, 0.2) is 0 Å². The van der Waals surface area contributed by atoms with E-state index in [-0.39, 0.29) is 23.8 Å². The Morgan fingerprint density at radius 2 is 1.82 bits per heavy atom. The molecule has 22 heavy (non-hydrogen) atoms. The summed E-state index contributed by atoms with van der Waals surface area (Å²) in [5.41, 5.74) is 0. The molecule has 6 nitrogen and oxygen atoms in total. The number of likely N-dealkylation sites (tertiary alicyclic amines) is 1. The van der Waals surface area contributed by atoms with Gasteiger partial charge in [-0.05, 0) is 0 Å². The molecule has 3 aliphatic heterocycles. The van der Waals surface area contributed by atoms with Crippen molar-refractivity contribution in [2.24, 2.45) is 5.92 Å². The molecular formula is C15H24N2O4S. The molecule has 0 aromatic rings. The molecule has 7 heteroatoms. The average molecular weight is 328 g/mol. The van der Waals surface area contributed by atoms with Gasteiger partial charge < -0.3 is 19.3 Å². The van der Waals surface area contributed by atoms with Crippen LogP contribution in [0.25, 0.3) is 0 Å². The van der Waals surface area contributed by atoms with Crippen LogP contribution in [-0.2, 0) is 19.1 Å². The van der Waals surface area contributed by atoms with Gasteiger partial charge in [0.25, 0.3) is 0 Å². The van der Waals surface area contributed by atoms with Crippen LogP contribution >= 0.6 is 11.8 Å². The van der Waals surface area contributed by atoms with Crippen LogP contribution in [0.4, 0.5) is 0 Å². The Kier molecular flexibility index (Phi) is 4.66. The third-order valence-corrected chi connectivity index (χ3v) is 5.61. The number of piperidine rings is 1. The molecular weight excluding hydrogens is 304 g/mol. The lowest BCUT2D eigenvalue weighted by molar-refractivity contribution is -0.188. The monoisotopic (exact) mass is 328 g/mol. The molecule has 0 N–H and O–H groups in total. The van der Waals surface area contributed by atoms with Gasteiger partial charge in [0.15, 0.2) is 5.79 Å². The first-order valence-electron chi connectivity index (χ1n) is 7.97. The van der Waals surface area contributed by atoms with Crippen molar-refractivity contribution >= 4 is 23.6 Å². The Bertz CT molecular complexity index is 441. The summed E-state index contributed by atoms with van der Waals surface area (Å²) in [6, 6.07) is -0.306. The molecule has 0 saturated carbocycles. The molecule has 3 aliphatic rings. The molecule has 3 fully saturated rings. The number of ether oxygens (including phenoxy) is 2. The highest BCUT2D eigenvalue weighted by Gasteiger charge is 2.43. The molecule has 0 bridgehead atoms. The maximum Gasteiger partial charge on any atom is 0.246 e. The van der Waals surface area contributed by atoms with Crippen LogP contribution in [0.3, 0.4) is 0 Å². The normalized spacial score (nSPS) is 27.9. The first-order valence-corrected chi connectivity index (χ1v) is 9.13. The molecule has 3 saturated heterocycles. The van der Waals surface area contributed by atoms with Crippen LogP contribution in [0.5, 0.6) is 0 Å². The maximum absolute atomic E-state index is 12.8. The Labute approximate surface area is 135 Å². The second-order valence-corrected chi connectivity index (χ2v) is 7.41. The van der Waals surface area contributed by atoms with Crippen LogP contribution in [0.1, 0.15) is 26.7 Å². The standard InChI is InChI=1S/C15H24N2O4S/c1-11(2)13(18)17-10-22-9-12(17)14(19)16-5-3-15(4-6-16)20-7-8-21-15/h11-12H,3-10H2,1-2H3. The smallest absolute Gasteiger partial charge is 0.246 e. The van der Waals surface area contributed by atoms with Gasteiger partial charge in [0.05, 0.1) is 19.1 Å². The summed E-state index contributed by atoms with van der Waals surface area (Å²) < 4.78 is 11.4. The molecule has 1 unspecified atom stereocenters. The maximum atomic E-state index is 12.8. The highest BCUT2D eigenvalue weighted by molar-refractivity contribution is 7.99. The summed E-state index contributed by atoms with van der Waals surface area (Å²) in [6.07, 6.45) is 1.44. The van der Waals surface area contributed by atoms with Crippen molar-refractivity contribution in [2.75, 3.05) is 37.9 Å². The third-order valence-electron chi connectivity index (χ3n) is 4.59. The Morgan fingerprint density at radius 3 is 2.41 bits per heavy atom. The minimum absolute atomic E-state index is 0.0688. The number of carbonyl (C=O) groups is 2. The van der Waals surface area contributed by atoms with Crippen molar-refractivity contribution in [2.45, 2.75) is 38.5 Å². The van der Waals surface area contributed by atoms with Crippen molar-refractivity contribution in [1.29, 1.82) is 0 Å². The van der Waals surface area contributed by atoms with Crippen LogP contribution < -0.4 is 0 Å². The highest BCUT2D eigenvalue weighted by Crippen LogP contribution is 2.32. The van der Waals surface area contributed by atoms with Gasteiger partial charge in [-0.1, -0.05) is 13.8 Å². The lowest BCUT2D eigenvalue weighted by Crippen LogP contribution is -2.54. The van der Waals surface area contributed by atoms with Gasteiger partial charge >= 0.3 is 0 Å². The fourth-order valence-corrected chi connectivity index (χ4v) is 4.42. The lowest BCUT2D eigenvalue weighted by atomic mass is 10.0. The molecule has 0 aliphatic carbocycles. The predicted molar refractivity (Wildman–Crippen MR) is 83.2 cm³/mol. The van der Waals surface area contributed by atoms with E-state index in [2.05, 4.69) is 0 Å². The number of rotatable bonds is 2. The zero-order valence-corrected chi connectivity index (χ0v) is 14.1. The van der Waals surface area contributed by atoms with Gasteiger partial charge in [0, 0.05) is 37.6 Å². The second-order valence-electron chi connectivity index (χ2n) is 6.41. The van der Waals surface area contributed by atoms with Gasteiger partial charge in [0.2, 0.25) is 11.8 Å². The molecule has 0 aromatic carbocycles. The predicted octanol–water partition coefficient (Wildman–Crippen LogP) is 0.909. The Morgan fingerprint density at radius 1 is 1.18 bits per heavy atom. The van der Waals surface area contributed by atoms with Crippen molar-refractivity contribution in [1.82, 2.24) is 9.80 Å². The van der Waals surface area contributed by atoms with Crippen molar-refractivity contribution in [3.63, 3.8) is 0 Å². The fraction of sp³-hybridized carbons (Fsp3) is 0.867. The van der Waals surface area contributed by atoms with Crippen molar-refractivity contribution < 1.29 is 19.1 Å². The minimum Gasteiger partial charge on any atom is -0.347 e. The zero-order valence-electron chi connectivity index (χ0n) is 13.2. The van der Waals surface area contributed by atoms with E-state index in [0.717, 1.165) is 12.8 Å². The molecule has 3 rings (SSSR count). The Balaban J connectivity index is 1.60. The summed E-state index contributed by atoms with van der Waals surface area (Å²) in [6.45, 7) is 6.33. The number of thioether (sulfide) groups is 1. The third kappa shape index (κ3) is 2.98. The molecule has 1 atom stereocenters. The Hall–Kier alpha value is -0.790. The largest absolute Gasteiger partial charge is 0.347 e. The van der Waals surface area contributed by atoms with Crippen molar-refractivity contribution in [3.8, 4) is 0 Å². The average Bonchev–Trinajstić information content (AvgIpc) is 3.16. The van der Waals surface area contributed by atoms with E-state index >= 15 is 0 Å². The minimum atomic E-state index is -0.464. The molecule has 124 valence electrons. The van der Waals surface area contributed by atoms with E-state index in [0.29, 0.717) is 37.9 Å². The summed E-state index contributed by atoms with van der Waals surface area (Å²) >= 11 is 1.66. The first-order chi connectivity index (χ1) is 10.5. The summed E-state index contributed by atoms with van der Waals surface area (Å²) in [5, 5.41) is 0. The first kappa shape index (κ1) is 16.1. The van der Waals surface area contributed by atoms with Gasteiger partial charge in [-0.3, -0.25) is 9.59 Å². The summed E-state index contributed by atoms with van der Waals surface area (Å²) in [4.78, 5) is 28.6. The quantitative estimate of drug-likeness (QED) is 0.754. The van der Waals surface area contributed by atoms with E-state index in [1.807, 2.05) is 18.7 Å². The van der Waals surface area contributed by atoms with Crippen LogP contribution in [0, 0.1) is 5.92 Å². The van der Waals surface area contributed by atoms with Gasteiger partial charge in [-0.25, -0.2) is 0 Å². The van der Waals surface area contributed by atoms with E-state index in [1.54, 1.807) is 16.7 Å². The number of hydrogen-bond acceptors (Lipinski definition) is 5. The van der Waals surface area contributed by atoms with E-state index in [4.69, 9.17) is 9.47 Å². The number of amides is 2. The number of hydrogen-bond donors (Lipinski definition) is 0. The summed E-state index contributed by atoms with van der Waals surface area (Å²) in [5.74, 6) is 0.933. The van der Waals surface area contributed by atoms with Crippen LogP contribution in [0.2, 0.25) is 0 Å². The van der Waals surface area contributed by atoms with E-state index in [9.17, 15) is 9.59 Å². The number of nitrogens with zero attached hydrogens (tertiary/aromatic N) is 2. The molecule has 2 amide bonds. The highest BCUT2D eigenvalue weighted by atomic mass is 32.2. The second kappa shape index (κ2) is 6.37. The van der Waals surface area contributed by atoms with E-state index in [1.165, 1.54) is 0 Å². The zero-order chi connectivity index (χ0) is 15.7. The molecule has 1 spiro atoms. The fourth-order valence-electron chi connectivity index (χ4n) is 3.26. The van der Waals surface area contributed by atoms with Gasteiger partial charge in [0.1, 0.15) is 6.04 Å². The molecule has 0 aromatic heterocycles. The number of carbonyl (C=O) groups excluding carboxylic acids is 2.